The fourth-order valence-corrected chi connectivity index (χ4v) is 4.58. The van der Waals surface area contributed by atoms with Crippen LogP contribution in [0, 0.1) is 0 Å². The van der Waals surface area contributed by atoms with Crippen molar-refractivity contribution < 1.29 is 14.3 Å². The predicted octanol–water partition coefficient (Wildman–Crippen LogP) is 7.46. The van der Waals surface area contributed by atoms with Crippen LogP contribution in [0.1, 0.15) is 16.7 Å². The molecule has 162 valence electrons. The van der Waals surface area contributed by atoms with Gasteiger partial charge >= 0.3 is 0 Å². The summed E-state index contributed by atoms with van der Waals surface area (Å²) in [6.07, 6.45) is 1.68. The van der Waals surface area contributed by atoms with Gasteiger partial charge in [-0.25, -0.2) is 0 Å². The van der Waals surface area contributed by atoms with Crippen LogP contribution in [0.4, 0.5) is 4.79 Å². The molecule has 32 heavy (non-hydrogen) atoms. The van der Waals surface area contributed by atoms with Gasteiger partial charge in [-0.2, -0.15) is 0 Å². The molecule has 2 amide bonds. The lowest BCUT2D eigenvalue weighted by molar-refractivity contribution is -0.123. The molecule has 0 aromatic heterocycles. The Morgan fingerprint density at radius 2 is 1.69 bits per heavy atom. The molecule has 1 heterocycles. The molecule has 4 nitrogen and oxygen atoms in total. The third-order valence-corrected chi connectivity index (χ3v) is 6.59. The van der Waals surface area contributed by atoms with E-state index in [4.69, 9.17) is 39.5 Å². The van der Waals surface area contributed by atoms with Crippen LogP contribution < -0.4 is 4.74 Å². The Hall–Kier alpha value is -2.44. The number of halogens is 3. The van der Waals surface area contributed by atoms with Crippen molar-refractivity contribution in [1.82, 2.24) is 4.90 Å². The monoisotopic (exact) mass is 503 g/mol. The summed E-state index contributed by atoms with van der Waals surface area (Å²) in [6.45, 7) is 0.403. The Bertz CT molecular complexity index is 1230. The molecule has 8 heteroatoms. The van der Waals surface area contributed by atoms with Crippen LogP contribution in [0.25, 0.3) is 6.08 Å². The van der Waals surface area contributed by atoms with Crippen LogP contribution in [0.2, 0.25) is 15.1 Å². The molecule has 1 saturated heterocycles. The van der Waals surface area contributed by atoms with E-state index < -0.39 is 0 Å². The summed E-state index contributed by atoms with van der Waals surface area (Å²) in [7, 11) is 0. The van der Waals surface area contributed by atoms with E-state index in [0.29, 0.717) is 31.3 Å². The van der Waals surface area contributed by atoms with Crippen LogP contribution in [0.3, 0.4) is 0 Å². The molecule has 0 bridgehead atoms. The third kappa shape index (κ3) is 5.30. The van der Waals surface area contributed by atoms with E-state index in [9.17, 15) is 9.59 Å². The highest BCUT2D eigenvalue weighted by Gasteiger charge is 2.35. The van der Waals surface area contributed by atoms with Crippen molar-refractivity contribution in [2.45, 2.75) is 13.2 Å². The first-order chi connectivity index (χ1) is 15.4. The quantitative estimate of drug-likeness (QED) is 0.327. The Kier molecular flexibility index (Phi) is 7.11. The Balaban J connectivity index is 1.47. The van der Waals surface area contributed by atoms with Gasteiger partial charge in [-0.1, -0.05) is 71.2 Å². The summed E-state index contributed by atoms with van der Waals surface area (Å²) in [5.41, 5.74) is 2.27. The molecule has 3 aromatic rings. The first-order valence-corrected chi connectivity index (χ1v) is 11.5. The zero-order valence-corrected chi connectivity index (χ0v) is 19.6. The predicted molar refractivity (Wildman–Crippen MR) is 130 cm³/mol. The summed E-state index contributed by atoms with van der Waals surface area (Å²) < 4.78 is 5.84. The van der Waals surface area contributed by atoms with Gasteiger partial charge in [-0.15, -0.1) is 0 Å². The second kappa shape index (κ2) is 10.0. The number of nitrogens with zero attached hydrogens (tertiary/aromatic N) is 1. The number of benzene rings is 3. The second-order valence-electron chi connectivity index (χ2n) is 6.96. The summed E-state index contributed by atoms with van der Waals surface area (Å²) >= 11 is 19.2. The molecule has 4 rings (SSSR count). The van der Waals surface area contributed by atoms with Gasteiger partial charge in [0.1, 0.15) is 12.4 Å². The molecular weight excluding hydrogens is 489 g/mol. The third-order valence-electron chi connectivity index (χ3n) is 4.73. The highest BCUT2D eigenvalue weighted by atomic mass is 35.5. The number of carbonyl (C=O) groups excluding carboxylic acids is 2. The van der Waals surface area contributed by atoms with E-state index in [2.05, 4.69) is 0 Å². The maximum absolute atomic E-state index is 12.8. The van der Waals surface area contributed by atoms with Crippen molar-refractivity contribution in [3.05, 3.63) is 103 Å². The van der Waals surface area contributed by atoms with Crippen molar-refractivity contribution in [1.29, 1.82) is 0 Å². The van der Waals surface area contributed by atoms with Crippen molar-refractivity contribution in [3.63, 3.8) is 0 Å². The average Bonchev–Trinajstić information content (AvgIpc) is 3.02. The first kappa shape index (κ1) is 22.7. The highest BCUT2D eigenvalue weighted by Crippen LogP contribution is 2.34. The van der Waals surface area contributed by atoms with E-state index >= 15 is 0 Å². The van der Waals surface area contributed by atoms with Crippen LogP contribution in [0.5, 0.6) is 5.75 Å². The summed E-state index contributed by atoms with van der Waals surface area (Å²) in [4.78, 5) is 26.8. The molecule has 0 saturated carbocycles. The van der Waals surface area contributed by atoms with Gasteiger partial charge < -0.3 is 4.74 Å². The lowest BCUT2D eigenvalue weighted by Crippen LogP contribution is -2.27. The molecule has 1 aliphatic rings. The molecule has 1 aliphatic heterocycles. The second-order valence-corrected chi connectivity index (χ2v) is 9.20. The van der Waals surface area contributed by atoms with Crippen LogP contribution in [0.15, 0.2) is 71.6 Å². The van der Waals surface area contributed by atoms with Gasteiger partial charge in [0.2, 0.25) is 0 Å². The molecule has 0 aliphatic carbocycles. The van der Waals surface area contributed by atoms with E-state index in [0.717, 1.165) is 22.9 Å². The van der Waals surface area contributed by atoms with Gasteiger partial charge in [0.25, 0.3) is 11.1 Å². The fraction of sp³-hybridized carbons (Fsp3) is 0.0833. The molecule has 0 spiro atoms. The van der Waals surface area contributed by atoms with Gasteiger partial charge in [-0.05, 0) is 59.3 Å². The number of thioether (sulfide) groups is 1. The van der Waals surface area contributed by atoms with Gasteiger partial charge in [0.15, 0.2) is 0 Å². The number of carbonyl (C=O) groups is 2. The van der Waals surface area contributed by atoms with Gasteiger partial charge in [0.05, 0.1) is 11.4 Å². The normalized spacial score (nSPS) is 15.0. The Labute approximate surface area is 204 Å². The van der Waals surface area contributed by atoms with Crippen LogP contribution >= 0.6 is 46.6 Å². The van der Waals surface area contributed by atoms with E-state index in [1.54, 1.807) is 42.5 Å². The molecule has 0 radical (unpaired) electrons. The molecule has 0 N–H and O–H groups in total. The lowest BCUT2D eigenvalue weighted by atomic mass is 10.2. The van der Waals surface area contributed by atoms with Crippen molar-refractivity contribution in [2.24, 2.45) is 0 Å². The zero-order chi connectivity index (χ0) is 22.7. The average molecular weight is 505 g/mol. The molecule has 1 fully saturated rings. The molecule has 3 aromatic carbocycles. The number of hydrogen-bond donors (Lipinski definition) is 0. The largest absolute Gasteiger partial charge is 0.489 e. The smallest absolute Gasteiger partial charge is 0.293 e. The zero-order valence-electron chi connectivity index (χ0n) is 16.6. The van der Waals surface area contributed by atoms with Gasteiger partial charge in [-0.3, -0.25) is 14.5 Å². The summed E-state index contributed by atoms with van der Waals surface area (Å²) in [5.74, 6) is 0.263. The van der Waals surface area contributed by atoms with Crippen molar-refractivity contribution in [3.8, 4) is 5.75 Å². The Morgan fingerprint density at radius 1 is 0.875 bits per heavy atom. The van der Waals surface area contributed by atoms with Crippen molar-refractivity contribution >= 4 is 63.8 Å². The minimum Gasteiger partial charge on any atom is -0.489 e. The summed E-state index contributed by atoms with van der Waals surface area (Å²) in [5, 5.41) is 1.28. The van der Waals surface area contributed by atoms with Crippen LogP contribution in [-0.2, 0) is 17.9 Å². The standard InChI is InChI=1S/C24H16Cl3NO3S/c25-18-9-8-17(21(27)12-18)14-31-19-6-3-4-15(10-19)11-22-23(29)28(24(30)32-22)13-16-5-1-2-7-20(16)26/h1-12H,13-14H2/b22-11+. The van der Waals surface area contributed by atoms with Crippen LogP contribution in [-0.4, -0.2) is 16.0 Å². The van der Waals surface area contributed by atoms with E-state index in [1.807, 2.05) is 30.3 Å². The Morgan fingerprint density at radius 3 is 2.47 bits per heavy atom. The molecule has 0 atom stereocenters. The van der Waals surface area contributed by atoms with E-state index in [1.165, 1.54) is 4.90 Å². The number of ether oxygens (including phenoxy) is 1. The van der Waals surface area contributed by atoms with Crippen molar-refractivity contribution in [2.75, 3.05) is 0 Å². The minimum atomic E-state index is -0.348. The fourth-order valence-electron chi connectivity index (χ4n) is 3.08. The first-order valence-electron chi connectivity index (χ1n) is 9.56. The molecule has 0 unspecified atom stereocenters. The number of hydrogen-bond acceptors (Lipinski definition) is 4. The maximum Gasteiger partial charge on any atom is 0.293 e. The number of amides is 2. The molecular formula is C24H16Cl3NO3S. The topological polar surface area (TPSA) is 46.6 Å². The maximum atomic E-state index is 12.8. The SMILES string of the molecule is O=C1S/C(=C/c2cccc(OCc3ccc(Cl)cc3Cl)c2)C(=O)N1Cc1ccccc1Cl. The number of rotatable bonds is 6. The van der Waals surface area contributed by atoms with E-state index in [-0.39, 0.29) is 24.3 Å². The highest BCUT2D eigenvalue weighted by molar-refractivity contribution is 8.18. The lowest BCUT2D eigenvalue weighted by Gasteiger charge is -2.13. The number of imide groups is 1. The minimum absolute atomic E-state index is 0.132. The van der Waals surface area contributed by atoms with Gasteiger partial charge in [0, 0.05) is 20.6 Å². The summed E-state index contributed by atoms with van der Waals surface area (Å²) in [6, 6.07) is 19.6.